The van der Waals surface area contributed by atoms with Crippen molar-refractivity contribution >= 4 is 11.8 Å². The van der Waals surface area contributed by atoms with E-state index in [1.165, 1.54) is 16.7 Å². The first-order chi connectivity index (χ1) is 7.51. The van der Waals surface area contributed by atoms with E-state index in [1.54, 1.807) is 0 Å². The molecule has 1 N–H and O–H groups in total. The molecule has 2 atom stereocenters. The zero-order chi connectivity index (χ0) is 11.8. The summed E-state index contributed by atoms with van der Waals surface area (Å²) in [6, 6.07) is 6.51. The molecule has 0 aliphatic carbocycles. The Morgan fingerprint density at radius 2 is 2.12 bits per heavy atom. The fourth-order valence-corrected chi connectivity index (χ4v) is 3.61. The highest BCUT2D eigenvalue weighted by Crippen LogP contribution is 2.38. The molecular formula is C14H20OS. The maximum Gasteiger partial charge on any atom is 0.0811 e. The fraction of sp³-hybridized carbons (Fsp3) is 0.571. The standard InChI is InChI=1S/C14H20OS/c1-10-4-5-13(8-11(10)2)9-14(15)6-7-16-12(14)3/h4-5,8,12,15H,6-7,9H2,1-3H3. The summed E-state index contributed by atoms with van der Waals surface area (Å²) in [7, 11) is 0. The maximum absolute atomic E-state index is 10.6. The van der Waals surface area contributed by atoms with Crippen molar-refractivity contribution in [2.45, 2.75) is 44.5 Å². The van der Waals surface area contributed by atoms with Crippen LogP contribution in [0.3, 0.4) is 0 Å². The minimum Gasteiger partial charge on any atom is -0.388 e. The Hall–Kier alpha value is -0.470. The van der Waals surface area contributed by atoms with Crippen molar-refractivity contribution in [2.24, 2.45) is 0 Å². The van der Waals surface area contributed by atoms with E-state index in [0.29, 0.717) is 5.25 Å². The molecule has 1 aromatic rings. The summed E-state index contributed by atoms with van der Waals surface area (Å²) in [6.45, 7) is 6.40. The van der Waals surface area contributed by atoms with Crippen LogP contribution >= 0.6 is 11.8 Å². The highest BCUT2D eigenvalue weighted by molar-refractivity contribution is 8.00. The molecule has 2 heteroatoms. The molecule has 2 rings (SSSR count). The Morgan fingerprint density at radius 3 is 2.69 bits per heavy atom. The molecular weight excluding hydrogens is 216 g/mol. The van der Waals surface area contributed by atoms with Gasteiger partial charge in [-0.15, -0.1) is 0 Å². The predicted molar refractivity (Wildman–Crippen MR) is 71.1 cm³/mol. The van der Waals surface area contributed by atoms with Crippen LogP contribution in [0.25, 0.3) is 0 Å². The highest BCUT2D eigenvalue weighted by Gasteiger charge is 2.38. The third-order valence-electron chi connectivity index (χ3n) is 3.74. The number of aryl methyl sites for hydroxylation is 2. The molecule has 0 amide bonds. The van der Waals surface area contributed by atoms with Gasteiger partial charge in [0.2, 0.25) is 0 Å². The maximum atomic E-state index is 10.6. The average molecular weight is 236 g/mol. The van der Waals surface area contributed by atoms with Crippen molar-refractivity contribution in [2.75, 3.05) is 5.75 Å². The van der Waals surface area contributed by atoms with Gasteiger partial charge in [0, 0.05) is 11.7 Å². The SMILES string of the molecule is Cc1ccc(CC2(O)CCSC2C)cc1C. The Labute approximate surface area is 102 Å². The number of hydrogen-bond donors (Lipinski definition) is 1. The van der Waals surface area contributed by atoms with E-state index < -0.39 is 5.60 Å². The van der Waals surface area contributed by atoms with Gasteiger partial charge in [-0.1, -0.05) is 25.1 Å². The normalized spacial score (nSPS) is 29.6. The van der Waals surface area contributed by atoms with Gasteiger partial charge in [-0.2, -0.15) is 11.8 Å². The van der Waals surface area contributed by atoms with Gasteiger partial charge >= 0.3 is 0 Å². The first-order valence-corrected chi connectivity index (χ1v) is 6.96. The summed E-state index contributed by atoms with van der Waals surface area (Å²) in [5.41, 5.74) is 3.41. The zero-order valence-electron chi connectivity index (χ0n) is 10.3. The molecule has 16 heavy (non-hydrogen) atoms. The minimum atomic E-state index is -0.494. The van der Waals surface area contributed by atoms with Crippen LogP contribution in [0.5, 0.6) is 0 Å². The second kappa shape index (κ2) is 4.42. The fourth-order valence-electron chi connectivity index (χ4n) is 2.27. The lowest BCUT2D eigenvalue weighted by molar-refractivity contribution is 0.0464. The van der Waals surface area contributed by atoms with Crippen molar-refractivity contribution in [1.82, 2.24) is 0 Å². The van der Waals surface area contributed by atoms with E-state index in [-0.39, 0.29) is 0 Å². The van der Waals surface area contributed by atoms with Crippen LogP contribution in [-0.4, -0.2) is 21.7 Å². The molecule has 0 radical (unpaired) electrons. The van der Waals surface area contributed by atoms with Crippen LogP contribution in [0.1, 0.15) is 30.0 Å². The van der Waals surface area contributed by atoms with Crippen LogP contribution in [-0.2, 0) is 6.42 Å². The van der Waals surface area contributed by atoms with Gasteiger partial charge in [-0.05, 0) is 42.7 Å². The monoisotopic (exact) mass is 236 g/mol. The van der Waals surface area contributed by atoms with E-state index in [9.17, 15) is 5.11 Å². The summed E-state index contributed by atoms with van der Waals surface area (Å²) in [5, 5.41) is 10.9. The van der Waals surface area contributed by atoms with Gasteiger partial charge in [0.15, 0.2) is 0 Å². The Kier molecular flexibility index (Phi) is 3.32. The van der Waals surface area contributed by atoms with Crippen LogP contribution in [0.15, 0.2) is 18.2 Å². The van der Waals surface area contributed by atoms with E-state index in [1.807, 2.05) is 11.8 Å². The summed E-state index contributed by atoms with van der Waals surface area (Å²) >= 11 is 1.88. The predicted octanol–water partition coefficient (Wildman–Crippen LogP) is 3.10. The molecule has 1 aliphatic rings. The van der Waals surface area contributed by atoms with Crippen molar-refractivity contribution < 1.29 is 5.11 Å². The Bertz CT molecular complexity index is 388. The number of thioether (sulfide) groups is 1. The number of hydrogen-bond acceptors (Lipinski definition) is 2. The van der Waals surface area contributed by atoms with Crippen molar-refractivity contribution in [1.29, 1.82) is 0 Å². The van der Waals surface area contributed by atoms with Gasteiger partial charge in [0.05, 0.1) is 5.60 Å². The lowest BCUT2D eigenvalue weighted by atomic mass is 9.88. The van der Waals surface area contributed by atoms with Gasteiger partial charge in [0.25, 0.3) is 0 Å². The summed E-state index contributed by atoms with van der Waals surface area (Å²) < 4.78 is 0. The lowest BCUT2D eigenvalue weighted by Gasteiger charge is -2.27. The van der Waals surface area contributed by atoms with Crippen LogP contribution < -0.4 is 0 Å². The molecule has 0 spiro atoms. The van der Waals surface area contributed by atoms with Crippen LogP contribution in [0.4, 0.5) is 0 Å². The van der Waals surface area contributed by atoms with E-state index in [0.717, 1.165) is 18.6 Å². The number of rotatable bonds is 2. The molecule has 0 aromatic heterocycles. The molecule has 1 fully saturated rings. The Morgan fingerprint density at radius 1 is 1.38 bits per heavy atom. The molecule has 0 bridgehead atoms. The third kappa shape index (κ3) is 2.28. The smallest absolute Gasteiger partial charge is 0.0811 e. The molecule has 1 heterocycles. The average Bonchev–Trinajstić information content (AvgIpc) is 2.53. The van der Waals surface area contributed by atoms with Crippen LogP contribution in [0, 0.1) is 13.8 Å². The van der Waals surface area contributed by atoms with Crippen molar-refractivity contribution in [3.8, 4) is 0 Å². The van der Waals surface area contributed by atoms with Gasteiger partial charge < -0.3 is 5.11 Å². The molecule has 2 unspecified atom stereocenters. The third-order valence-corrected chi connectivity index (χ3v) is 5.12. The molecule has 1 saturated heterocycles. The van der Waals surface area contributed by atoms with Gasteiger partial charge in [-0.25, -0.2) is 0 Å². The molecule has 88 valence electrons. The van der Waals surface area contributed by atoms with E-state index >= 15 is 0 Å². The molecule has 1 aliphatic heterocycles. The van der Waals surface area contributed by atoms with Gasteiger partial charge in [0.1, 0.15) is 0 Å². The van der Waals surface area contributed by atoms with Gasteiger partial charge in [-0.3, -0.25) is 0 Å². The number of benzene rings is 1. The van der Waals surface area contributed by atoms with E-state index in [2.05, 4.69) is 39.0 Å². The molecule has 1 nitrogen and oxygen atoms in total. The molecule has 0 saturated carbocycles. The topological polar surface area (TPSA) is 20.2 Å². The highest BCUT2D eigenvalue weighted by atomic mass is 32.2. The Balaban J connectivity index is 2.17. The second-order valence-corrected chi connectivity index (χ2v) is 6.41. The lowest BCUT2D eigenvalue weighted by Crippen LogP contribution is -2.36. The van der Waals surface area contributed by atoms with Crippen molar-refractivity contribution in [3.63, 3.8) is 0 Å². The summed E-state index contributed by atoms with van der Waals surface area (Å²) in [5.74, 6) is 1.09. The molecule has 1 aromatic carbocycles. The first kappa shape index (κ1) is 12.0. The summed E-state index contributed by atoms with van der Waals surface area (Å²) in [4.78, 5) is 0. The second-order valence-electron chi connectivity index (χ2n) is 4.96. The van der Waals surface area contributed by atoms with Crippen LogP contribution in [0.2, 0.25) is 0 Å². The largest absolute Gasteiger partial charge is 0.388 e. The van der Waals surface area contributed by atoms with Crippen molar-refractivity contribution in [3.05, 3.63) is 34.9 Å². The quantitative estimate of drug-likeness (QED) is 0.851. The zero-order valence-corrected chi connectivity index (χ0v) is 11.1. The first-order valence-electron chi connectivity index (χ1n) is 5.91. The number of aliphatic hydroxyl groups is 1. The minimum absolute atomic E-state index is 0.356. The summed E-state index contributed by atoms with van der Waals surface area (Å²) in [6.07, 6.45) is 1.72. The van der Waals surface area contributed by atoms with E-state index in [4.69, 9.17) is 0 Å².